The van der Waals surface area contributed by atoms with Gasteiger partial charge in [-0.1, -0.05) is 12.1 Å². The summed E-state index contributed by atoms with van der Waals surface area (Å²) in [5.41, 5.74) is 2.41. The molecule has 0 bridgehead atoms. The van der Waals surface area contributed by atoms with Crippen LogP contribution in [0, 0.1) is 22.6 Å². The highest BCUT2D eigenvalue weighted by molar-refractivity contribution is 6.05. The molecule has 1 atom stereocenters. The van der Waals surface area contributed by atoms with E-state index in [0.717, 1.165) is 29.7 Å². The fourth-order valence-corrected chi connectivity index (χ4v) is 3.72. The summed E-state index contributed by atoms with van der Waals surface area (Å²) in [5, 5.41) is 13.2. The molecule has 1 N–H and O–H groups in total. The van der Waals surface area contributed by atoms with E-state index in [4.69, 9.17) is 4.74 Å². The fraction of sp³-hybridized carbons (Fsp3) is 0.333. The second-order valence-electron chi connectivity index (χ2n) is 6.54. The molecule has 2 aliphatic rings. The van der Waals surface area contributed by atoms with E-state index in [1.54, 1.807) is 18.4 Å². The van der Waals surface area contributed by atoms with Crippen molar-refractivity contribution in [3.8, 4) is 6.07 Å². The van der Waals surface area contributed by atoms with Gasteiger partial charge in [0, 0.05) is 11.1 Å². The summed E-state index contributed by atoms with van der Waals surface area (Å²) in [6.45, 7) is 2.54. The number of rotatable bonds is 6. The van der Waals surface area contributed by atoms with Gasteiger partial charge in [-0.2, -0.15) is 5.26 Å². The Balaban J connectivity index is 2.20. The lowest BCUT2D eigenvalue weighted by Crippen LogP contribution is -2.35. The molecule has 0 amide bonds. The number of nitrogens with zero attached hydrogens (tertiary/aromatic N) is 1. The molecule has 1 aliphatic heterocycles. The van der Waals surface area contributed by atoms with E-state index in [1.165, 1.54) is 19.1 Å². The minimum atomic E-state index is -1.37. The molecule has 0 saturated carbocycles. The van der Waals surface area contributed by atoms with Gasteiger partial charge in [0.05, 0.1) is 12.3 Å². The summed E-state index contributed by atoms with van der Waals surface area (Å²) in [6, 6.07) is 8.25. The van der Waals surface area contributed by atoms with E-state index in [1.807, 2.05) is 13.1 Å². The van der Waals surface area contributed by atoms with Crippen LogP contribution in [0.5, 0.6) is 0 Å². The minimum Gasteiger partial charge on any atom is -0.496 e. The number of ether oxygens (including phenoxy) is 1. The first-order valence-electron chi connectivity index (χ1n) is 8.64. The van der Waals surface area contributed by atoms with Crippen LogP contribution in [-0.2, 0) is 9.53 Å². The Bertz CT molecular complexity index is 859. The Labute approximate surface area is 152 Å². The monoisotopic (exact) mass is 352 g/mol. The topological polar surface area (TPSA) is 62.1 Å². The van der Waals surface area contributed by atoms with Crippen molar-refractivity contribution < 1.29 is 13.9 Å². The van der Waals surface area contributed by atoms with Crippen LogP contribution in [0.3, 0.4) is 0 Å². The summed E-state index contributed by atoms with van der Waals surface area (Å²) < 4.78 is 18.9. The number of carbonyl (C=O) groups is 1. The predicted molar refractivity (Wildman–Crippen MR) is 97.3 cm³/mol. The van der Waals surface area contributed by atoms with Crippen LogP contribution >= 0.6 is 0 Å². The van der Waals surface area contributed by atoms with Gasteiger partial charge in [-0.05, 0) is 68.3 Å². The van der Waals surface area contributed by atoms with Gasteiger partial charge >= 0.3 is 0 Å². The number of allylic oxidation sites excluding steroid dienone is 3. The van der Waals surface area contributed by atoms with E-state index >= 15 is 0 Å². The lowest BCUT2D eigenvalue weighted by atomic mass is 9.63. The zero-order valence-corrected chi connectivity index (χ0v) is 14.9. The molecule has 1 unspecified atom stereocenters. The molecule has 26 heavy (non-hydrogen) atoms. The lowest BCUT2D eigenvalue weighted by molar-refractivity contribution is -0.120. The lowest BCUT2D eigenvalue weighted by Gasteiger charge is -2.35. The van der Waals surface area contributed by atoms with E-state index in [9.17, 15) is 14.4 Å². The summed E-state index contributed by atoms with van der Waals surface area (Å²) in [6.07, 6.45) is 5.00. The average Bonchev–Trinajstić information content (AvgIpc) is 3.09. The van der Waals surface area contributed by atoms with Crippen molar-refractivity contribution in [1.29, 1.82) is 5.26 Å². The molecule has 0 saturated heterocycles. The zero-order chi connectivity index (χ0) is 18.7. The van der Waals surface area contributed by atoms with E-state index < -0.39 is 5.41 Å². The van der Waals surface area contributed by atoms with Crippen LogP contribution < -0.4 is 5.32 Å². The Hall–Kier alpha value is -2.71. The molecule has 1 aliphatic carbocycles. The number of hydrogen-bond donors (Lipinski definition) is 1. The SMILES string of the molecule is CNCCCC1=CC2=COCC2=C(c2ccc(F)cc2)C1(C#N)C(C)=O. The van der Waals surface area contributed by atoms with Gasteiger partial charge in [0.15, 0.2) is 11.2 Å². The molecule has 1 aromatic carbocycles. The minimum absolute atomic E-state index is 0.228. The number of nitriles is 1. The summed E-state index contributed by atoms with van der Waals surface area (Å²) in [7, 11) is 1.87. The number of benzene rings is 1. The first-order valence-corrected chi connectivity index (χ1v) is 8.64. The Morgan fingerprint density at radius 2 is 2.12 bits per heavy atom. The molecule has 0 spiro atoms. The molecule has 1 heterocycles. The molecule has 1 aromatic rings. The maximum absolute atomic E-state index is 13.4. The quantitative estimate of drug-likeness (QED) is 0.796. The second-order valence-corrected chi connectivity index (χ2v) is 6.54. The molecule has 134 valence electrons. The van der Waals surface area contributed by atoms with Gasteiger partial charge in [-0.3, -0.25) is 4.79 Å². The second kappa shape index (κ2) is 7.27. The Kier molecular flexibility index (Phi) is 5.06. The standard InChI is InChI=1S/C21H21FN2O2/c1-14(25)21(13-23)17(4-3-9-24-2)10-16-11-26-12-19(16)20(21)15-5-7-18(22)8-6-15/h5-8,10-11,24H,3-4,9,12H2,1-2H3. The van der Waals surface area contributed by atoms with Gasteiger partial charge in [-0.25, -0.2) is 4.39 Å². The Morgan fingerprint density at radius 3 is 2.73 bits per heavy atom. The number of ketones is 1. The van der Waals surface area contributed by atoms with Crippen molar-refractivity contribution in [3.63, 3.8) is 0 Å². The van der Waals surface area contributed by atoms with Gasteiger partial charge < -0.3 is 10.1 Å². The number of halogens is 1. The third-order valence-electron chi connectivity index (χ3n) is 4.98. The van der Waals surface area contributed by atoms with Gasteiger partial charge in [0.1, 0.15) is 12.4 Å². The van der Waals surface area contributed by atoms with Gasteiger partial charge in [0.2, 0.25) is 0 Å². The molecule has 0 aromatic heterocycles. The first kappa shape index (κ1) is 18.1. The number of carbonyl (C=O) groups excluding carboxylic acids is 1. The van der Waals surface area contributed by atoms with Crippen LogP contribution in [0.4, 0.5) is 4.39 Å². The highest BCUT2D eigenvalue weighted by Crippen LogP contribution is 2.51. The molecule has 0 radical (unpaired) electrons. The summed E-state index contributed by atoms with van der Waals surface area (Å²) in [5.74, 6) is -0.586. The third kappa shape index (κ3) is 2.87. The van der Waals surface area contributed by atoms with Crippen molar-refractivity contribution in [2.75, 3.05) is 20.2 Å². The average molecular weight is 352 g/mol. The maximum Gasteiger partial charge on any atom is 0.162 e. The molecular formula is C21H21FN2O2. The van der Waals surface area contributed by atoms with Crippen LogP contribution in [0.1, 0.15) is 25.3 Å². The van der Waals surface area contributed by atoms with Gasteiger partial charge in [-0.15, -0.1) is 0 Å². The fourth-order valence-electron chi connectivity index (χ4n) is 3.72. The number of fused-ring (bicyclic) bond motifs is 1. The number of Topliss-reactive ketones (excluding diaryl/α,β-unsaturated/α-hetero) is 1. The molecule has 4 nitrogen and oxygen atoms in total. The highest BCUT2D eigenvalue weighted by Gasteiger charge is 2.48. The molecular weight excluding hydrogens is 331 g/mol. The summed E-state index contributed by atoms with van der Waals surface area (Å²) >= 11 is 0. The maximum atomic E-state index is 13.4. The molecule has 5 heteroatoms. The summed E-state index contributed by atoms with van der Waals surface area (Å²) in [4.78, 5) is 12.8. The van der Waals surface area contributed by atoms with E-state index in [0.29, 0.717) is 24.2 Å². The van der Waals surface area contributed by atoms with E-state index in [-0.39, 0.29) is 11.6 Å². The highest BCUT2D eigenvalue weighted by atomic mass is 19.1. The first-order chi connectivity index (χ1) is 12.5. The third-order valence-corrected chi connectivity index (χ3v) is 4.98. The smallest absolute Gasteiger partial charge is 0.162 e. The largest absolute Gasteiger partial charge is 0.496 e. The van der Waals surface area contributed by atoms with Crippen molar-refractivity contribution in [2.45, 2.75) is 19.8 Å². The number of nitrogens with one attached hydrogen (secondary N) is 1. The van der Waals surface area contributed by atoms with E-state index in [2.05, 4.69) is 11.4 Å². The van der Waals surface area contributed by atoms with Crippen LogP contribution in [0.15, 0.2) is 53.3 Å². The normalized spacial score (nSPS) is 21.5. The van der Waals surface area contributed by atoms with Crippen molar-refractivity contribution >= 4 is 11.4 Å². The van der Waals surface area contributed by atoms with Crippen LogP contribution in [0.2, 0.25) is 0 Å². The molecule has 3 rings (SSSR count). The van der Waals surface area contributed by atoms with Gasteiger partial charge in [0.25, 0.3) is 0 Å². The van der Waals surface area contributed by atoms with Crippen molar-refractivity contribution in [1.82, 2.24) is 5.32 Å². The van der Waals surface area contributed by atoms with Crippen LogP contribution in [0.25, 0.3) is 5.57 Å². The predicted octanol–water partition coefficient (Wildman–Crippen LogP) is 3.53. The van der Waals surface area contributed by atoms with Crippen molar-refractivity contribution in [3.05, 3.63) is 64.7 Å². The molecule has 0 fully saturated rings. The van der Waals surface area contributed by atoms with Crippen molar-refractivity contribution in [2.24, 2.45) is 5.41 Å². The zero-order valence-electron chi connectivity index (χ0n) is 14.9. The van der Waals surface area contributed by atoms with Crippen LogP contribution in [-0.4, -0.2) is 26.0 Å². The number of hydrogen-bond acceptors (Lipinski definition) is 4. The Morgan fingerprint density at radius 1 is 1.38 bits per heavy atom.